The number of carboxylic acid groups (broad SMARTS) is 1. The predicted octanol–water partition coefficient (Wildman–Crippen LogP) is 2.70. The highest BCUT2D eigenvalue weighted by Gasteiger charge is 2.70. The van der Waals surface area contributed by atoms with Crippen LogP contribution in [0.1, 0.15) is 12.8 Å². The zero-order valence-corrected chi connectivity index (χ0v) is 13.3. The summed E-state index contributed by atoms with van der Waals surface area (Å²) in [5, 5.41) is 12.4. The van der Waals surface area contributed by atoms with Gasteiger partial charge in [0.1, 0.15) is 5.82 Å². The lowest BCUT2D eigenvalue weighted by atomic mass is 9.82. The van der Waals surface area contributed by atoms with E-state index < -0.39 is 17.8 Å². The van der Waals surface area contributed by atoms with Gasteiger partial charge >= 0.3 is 5.97 Å². The molecule has 2 bridgehead atoms. The molecule has 2 N–H and O–H groups in total. The second-order valence-corrected chi connectivity index (χ2v) is 7.33. The van der Waals surface area contributed by atoms with Crippen molar-refractivity contribution in [3.8, 4) is 0 Å². The lowest BCUT2D eigenvalue weighted by molar-refractivity contribution is -0.146. The number of aromatic nitrogens is 1. The van der Waals surface area contributed by atoms with E-state index in [4.69, 9.17) is 0 Å². The third-order valence-electron chi connectivity index (χ3n) is 5.41. The molecular formula is C16H15BrN2O3. The molecule has 4 rings (SSSR count). The van der Waals surface area contributed by atoms with Crippen LogP contribution in [0.3, 0.4) is 0 Å². The van der Waals surface area contributed by atoms with Crippen LogP contribution in [-0.4, -0.2) is 22.0 Å². The predicted molar refractivity (Wildman–Crippen MR) is 83.0 cm³/mol. The van der Waals surface area contributed by atoms with Crippen LogP contribution in [-0.2, 0) is 9.59 Å². The van der Waals surface area contributed by atoms with Crippen LogP contribution >= 0.6 is 15.9 Å². The number of amides is 1. The summed E-state index contributed by atoms with van der Waals surface area (Å²) in [4.78, 5) is 28.5. The van der Waals surface area contributed by atoms with Crippen LogP contribution in [0.25, 0.3) is 0 Å². The standard InChI is InChI=1S/C16H15BrN2O3/c17-8-1-4-11(18-7-8)19-14(20)12-9-2-3-10(13(12)15(21)22)16(9)5-6-16/h1-4,7,9-10,12-13H,5-6H2,(H,21,22)(H,18,19,20)/t9-,10+,12+,13+/m0/s1. The van der Waals surface area contributed by atoms with E-state index in [0.717, 1.165) is 17.3 Å². The van der Waals surface area contributed by atoms with Gasteiger partial charge in [-0.25, -0.2) is 4.98 Å². The van der Waals surface area contributed by atoms with Gasteiger partial charge in [0.05, 0.1) is 11.8 Å². The molecule has 1 amide bonds. The van der Waals surface area contributed by atoms with Gasteiger partial charge in [0.25, 0.3) is 0 Å². The molecule has 2 fully saturated rings. The van der Waals surface area contributed by atoms with Gasteiger partial charge in [-0.15, -0.1) is 0 Å². The van der Waals surface area contributed by atoms with Crippen molar-refractivity contribution in [1.29, 1.82) is 0 Å². The maximum absolute atomic E-state index is 12.7. The smallest absolute Gasteiger partial charge is 0.307 e. The molecule has 0 saturated heterocycles. The zero-order chi connectivity index (χ0) is 15.5. The number of carboxylic acids is 1. The maximum atomic E-state index is 12.7. The van der Waals surface area contributed by atoms with Gasteiger partial charge < -0.3 is 10.4 Å². The first-order valence-corrected chi connectivity index (χ1v) is 8.16. The lowest BCUT2D eigenvalue weighted by Crippen LogP contribution is -2.36. The van der Waals surface area contributed by atoms with Crippen molar-refractivity contribution in [2.75, 3.05) is 5.32 Å². The highest BCUT2D eigenvalue weighted by atomic mass is 79.9. The molecule has 3 aliphatic rings. The van der Waals surface area contributed by atoms with Gasteiger partial charge in [-0.1, -0.05) is 12.2 Å². The highest BCUT2D eigenvalue weighted by molar-refractivity contribution is 9.10. The molecule has 0 aromatic carbocycles. The Morgan fingerprint density at radius 3 is 2.45 bits per heavy atom. The van der Waals surface area contributed by atoms with Crippen molar-refractivity contribution in [2.24, 2.45) is 29.1 Å². The molecule has 114 valence electrons. The molecule has 22 heavy (non-hydrogen) atoms. The summed E-state index contributed by atoms with van der Waals surface area (Å²) in [6.45, 7) is 0. The topological polar surface area (TPSA) is 79.3 Å². The Morgan fingerprint density at radius 2 is 1.91 bits per heavy atom. The molecule has 1 spiro atoms. The fourth-order valence-electron chi connectivity index (χ4n) is 4.35. The average molecular weight is 363 g/mol. The summed E-state index contributed by atoms with van der Waals surface area (Å²) in [5.41, 5.74) is 0.0399. The largest absolute Gasteiger partial charge is 0.481 e. The second kappa shape index (κ2) is 4.65. The summed E-state index contributed by atoms with van der Waals surface area (Å²) in [6, 6.07) is 3.49. The van der Waals surface area contributed by atoms with E-state index in [1.54, 1.807) is 18.3 Å². The fraction of sp³-hybridized carbons (Fsp3) is 0.438. The first kappa shape index (κ1) is 13.9. The number of anilines is 1. The Hall–Kier alpha value is -1.69. The van der Waals surface area contributed by atoms with E-state index in [2.05, 4.69) is 32.3 Å². The number of carbonyl (C=O) groups is 2. The minimum Gasteiger partial charge on any atom is -0.481 e. The minimum absolute atomic E-state index is 0.00336. The maximum Gasteiger partial charge on any atom is 0.307 e. The number of hydrogen-bond acceptors (Lipinski definition) is 3. The van der Waals surface area contributed by atoms with Crippen LogP contribution < -0.4 is 5.32 Å². The van der Waals surface area contributed by atoms with Crippen molar-refractivity contribution >= 4 is 33.6 Å². The van der Waals surface area contributed by atoms with Gasteiger partial charge in [0.2, 0.25) is 5.91 Å². The quantitative estimate of drug-likeness (QED) is 0.810. The Kier molecular flexibility index (Phi) is 2.95. The number of pyridine rings is 1. The summed E-state index contributed by atoms with van der Waals surface area (Å²) in [7, 11) is 0. The average Bonchev–Trinajstić information content (AvgIpc) is 3.15. The summed E-state index contributed by atoms with van der Waals surface area (Å²) >= 11 is 3.29. The Labute approximate surface area is 135 Å². The van der Waals surface area contributed by atoms with Crippen molar-refractivity contribution < 1.29 is 14.7 Å². The molecule has 2 saturated carbocycles. The number of carbonyl (C=O) groups excluding carboxylic acids is 1. The van der Waals surface area contributed by atoms with Crippen molar-refractivity contribution in [1.82, 2.24) is 4.98 Å². The van der Waals surface area contributed by atoms with Crippen molar-refractivity contribution in [3.05, 3.63) is 35.0 Å². The summed E-state index contributed by atoms with van der Waals surface area (Å²) < 4.78 is 0.828. The zero-order valence-electron chi connectivity index (χ0n) is 11.7. The molecule has 4 atom stereocenters. The highest BCUT2D eigenvalue weighted by Crippen LogP contribution is 2.72. The molecule has 0 unspecified atom stereocenters. The molecule has 5 nitrogen and oxygen atoms in total. The lowest BCUT2D eigenvalue weighted by Gasteiger charge is -2.23. The van der Waals surface area contributed by atoms with Crippen LogP contribution in [0.5, 0.6) is 0 Å². The van der Waals surface area contributed by atoms with Crippen molar-refractivity contribution in [2.45, 2.75) is 12.8 Å². The van der Waals surface area contributed by atoms with Gasteiger partial charge in [0, 0.05) is 10.7 Å². The molecule has 1 aromatic heterocycles. The van der Waals surface area contributed by atoms with Gasteiger partial charge in [-0.05, 0) is 58.2 Å². The van der Waals surface area contributed by atoms with E-state index in [9.17, 15) is 14.7 Å². The van der Waals surface area contributed by atoms with Crippen LogP contribution in [0.4, 0.5) is 5.82 Å². The van der Waals surface area contributed by atoms with E-state index in [0.29, 0.717) is 5.82 Å². The fourth-order valence-corrected chi connectivity index (χ4v) is 4.58. The Morgan fingerprint density at radius 1 is 1.23 bits per heavy atom. The van der Waals surface area contributed by atoms with E-state index in [-0.39, 0.29) is 23.2 Å². The molecule has 1 heterocycles. The van der Waals surface area contributed by atoms with Gasteiger partial charge in [-0.3, -0.25) is 9.59 Å². The van der Waals surface area contributed by atoms with Crippen molar-refractivity contribution in [3.63, 3.8) is 0 Å². The third kappa shape index (κ3) is 1.86. The first-order chi connectivity index (χ1) is 10.5. The molecular weight excluding hydrogens is 348 g/mol. The molecule has 0 radical (unpaired) electrons. The Balaban J connectivity index is 1.60. The number of halogens is 1. The molecule has 0 aliphatic heterocycles. The third-order valence-corrected chi connectivity index (χ3v) is 5.88. The number of nitrogens with one attached hydrogen (secondary N) is 1. The van der Waals surface area contributed by atoms with E-state index >= 15 is 0 Å². The SMILES string of the molecule is O=C(O)[C@H]1[C@H](C(=O)Nc2ccc(Br)cn2)[C@@H]2C=C[C@H]1C21CC1. The first-order valence-electron chi connectivity index (χ1n) is 7.36. The molecule has 1 aromatic rings. The molecule has 6 heteroatoms. The Bertz CT molecular complexity index is 681. The van der Waals surface area contributed by atoms with Gasteiger partial charge in [-0.2, -0.15) is 0 Å². The number of allylic oxidation sites excluding steroid dienone is 2. The minimum atomic E-state index is -0.868. The van der Waals surface area contributed by atoms with Crippen LogP contribution in [0, 0.1) is 29.1 Å². The second-order valence-electron chi connectivity index (χ2n) is 6.41. The number of hydrogen-bond donors (Lipinski definition) is 2. The van der Waals surface area contributed by atoms with E-state index in [1.165, 1.54) is 0 Å². The number of rotatable bonds is 3. The number of aliphatic carboxylic acids is 1. The van der Waals surface area contributed by atoms with Gasteiger partial charge in [0.15, 0.2) is 0 Å². The molecule has 3 aliphatic carbocycles. The monoisotopic (exact) mass is 362 g/mol. The normalized spacial score (nSPS) is 33.1. The number of nitrogens with zero attached hydrogens (tertiary/aromatic N) is 1. The van der Waals surface area contributed by atoms with Crippen LogP contribution in [0.15, 0.2) is 35.0 Å². The summed E-state index contributed by atoms with van der Waals surface area (Å²) in [5.74, 6) is -1.71. The summed E-state index contributed by atoms with van der Waals surface area (Å²) in [6.07, 6.45) is 7.72. The van der Waals surface area contributed by atoms with E-state index in [1.807, 2.05) is 6.08 Å². The van der Waals surface area contributed by atoms with Crippen LogP contribution in [0.2, 0.25) is 0 Å².